The van der Waals surface area contributed by atoms with Crippen molar-refractivity contribution in [3.05, 3.63) is 34.9 Å². The molecule has 1 heterocycles. The number of benzene rings is 1. The molecule has 0 saturated heterocycles. The van der Waals surface area contributed by atoms with Crippen LogP contribution in [-0.4, -0.2) is 36.0 Å². The first-order valence-corrected chi connectivity index (χ1v) is 6.55. The van der Waals surface area contributed by atoms with Crippen LogP contribution in [0.3, 0.4) is 0 Å². The smallest absolute Gasteiger partial charge is 0.372 e. The van der Waals surface area contributed by atoms with Gasteiger partial charge in [-0.05, 0) is 23.3 Å². The molecule has 2 rings (SSSR count). The highest BCUT2D eigenvalue weighted by Crippen LogP contribution is 2.23. The minimum absolute atomic E-state index is 0.0458. The van der Waals surface area contributed by atoms with E-state index in [-0.39, 0.29) is 18.0 Å². The third kappa shape index (κ3) is 3.64. The van der Waals surface area contributed by atoms with Gasteiger partial charge in [-0.1, -0.05) is 6.07 Å². The van der Waals surface area contributed by atoms with Crippen molar-refractivity contribution in [3.8, 4) is 0 Å². The van der Waals surface area contributed by atoms with Crippen LogP contribution in [0.1, 0.15) is 21.5 Å². The third-order valence-electron chi connectivity index (χ3n) is 2.98. The summed E-state index contributed by atoms with van der Waals surface area (Å²) in [5.74, 6) is -0.715. The van der Waals surface area contributed by atoms with Crippen LogP contribution >= 0.6 is 11.6 Å². The molecule has 3 nitrogen and oxygen atoms in total. The highest BCUT2D eigenvalue weighted by Gasteiger charge is 2.33. The number of carbonyl (C=O) groups excluding carboxylic acids is 1. The summed E-state index contributed by atoms with van der Waals surface area (Å²) in [7, 11) is 0. The van der Waals surface area contributed by atoms with Crippen LogP contribution in [0.25, 0.3) is 0 Å². The van der Waals surface area contributed by atoms with Crippen LogP contribution in [-0.2, 0) is 18.0 Å². The van der Waals surface area contributed by atoms with Gasteiger partial charge in [0.15, 0.2) is 0 Å². The Morgan fingerprint density at radius 1 is 1.30 bits per heavy atom. The topological polar surface area (TPSA) is 29.5 Å². The van der Waals surface area contributed by atoms with Crippen molar-refractivity contribution in [2.75, 3.05) is 19.0 Å². The summed E-state index contributed by atoms with van der Waals surface area (Å²) in [6, 6.07) is 4.82. The number of alkyl halides is 4. The normalized spacial score (nSPS) is 14.2. The summed E-state index contributed by atoms with van der Waals surface area (Å²) >= 11 is 5.47. The number of amides is 1. The van der Waals surface area contributed by atoms with Gasteiger partial charge < -0.3 is 9.64 Å². The van der Waals surface area contributed by atoms with Crippen molar-refractivity contribution < 1.29 is 22.7 Å². The maximum Gasteiger partial charge on any atom is 0.406 e. The van der Waals surface area contributed by atoms with Gasteiger partial charge in [-0.2, -0.15) is 13.2 Å². The Labute approximate surface area is 119 Å². The summed E-state index contributed by atoms with van der Waals surface area (Å²) in [4.78, 5) is 12.9. The van der Waals surface area contributed by atoms with Crippen LogP contribution in [0.2, 0.25) is 0 Å². The molecule has 0 saturated carbocycles. The van der Waals surface area contributed by atoms with Crippen LogP contribution in [0.15, 0.2) is 18.2 Å². The van der Waals surface area contributed by atoms with Crippen molar-refractivity contribution in [1.82, 2.24) is 4.90 Å². The van der Waals surface area contributed by atoms with E-state index in [1.54, 1.807) is 12.1 Å². The summed E-state index contributed by atoms with van der Waals surface area (Å²) in [5, 5.41) is 0. The lowest BCUT2D eigenvalue weighted by Gasteiger charge is -2.23. The number of hydrogen-bond donors (Lipinski definition) is 0. The van der Waals surface area contributed by atoms with Crippen molar-refractivity contribution in [1.29, 1.82) is 0 Å². The van der Waals surface area contributed by atoms with Crippen molar-refractivity contribution in [2.24, 2.45) is 0 Å². The second-order valence-corrected chi connectivity index (χ2v) is 4.89. The Balaban J connectivity index is 2.18. The third-order valence-corrected chi connectivity index (χ3v) is 3.15. The van der Waals surface area contributed by atoms with Crippen molar-refractivity contribution in [2.45, 2.75) is 19.4 Å². The number of ether oxygens (including phenoxy) is 1. The average molecular weight is 308 g/mol. The van der Waals surface area contributed by atoms with Crippen LogP contribution in [0, 0.1) is 0 Å². The molecule has 1 aromatic carbocycles. The van der Waals surface area contributed by atoms with Crippen LogP contribution in [0.4, 0.5) is 13.2 Å². The monoisotopic (exact) mass is 307 g/mol. The van der Waals surface area contributed by atoms with Gasteiger partial charge >= 0.3 is 6.18 Å². The molecule has 20 heavy (non-hydrogen) atoms. The fourth-order valence-corrected chi connectivity index (χ4v) is 2.26. The number of rotatable bonds is 4. The van der Waals surface area contributed by atoms with E-state index >= 15 is 0 Å². The molecule has 0 radical (unpaired) electrons. The van der Waals surface area contributed by atoms with Crippen molar-refractivity contribution >= 4 is 17.5 Å². The lowest BCUT2D eigenvalue weighted by molar-refractivity contribution is -0.140. The van der Waals surface area contributed by atoms with Crippen LogP contribution in [0.5, 0.6) is 0 Å². The molecule has 1 aromatic rings. The average Bonchev–Trinajstić information content (AvgIpc) is 2.83. The van der Waals surface area contributed by atoms with E-state index in [2.05, 4.69) is 0 Å². The molecule has 0 atom stereocenters. The molecule has 0 aromatic heterocycles. The summed E-state index contributed by atoms with van der Waals surface area (Å²) < 4.78 is 42.6. The van der Waals surface area contributed by atoms with E-state index in [1.807, 2.05) is 0 Å². The van der Waals surface area contributed by atoms with Gasteiger partial charge in [-0.25, -0.2) is 0 Å². The SMILES string of the molecule is O=C(c1ccc2c(c1)COC2)N(CCCl)CC(F)(F)F. The highest BCUT2D eigenvalue weighted by atomic mass is 35.5. The first-order chi connectivity index (χ1) is 9.40. The molecule has 110 valence electrons. The molecule has 0 N–H and O–H groups in total. The van der Waals surface area contributed by atoms with E-state index in [4.69, 9.17) is 16.3 Å². The minimum atomic E-state index is -4.44. The Kier molecular flexibility index (Phi) is 4.55. The number of carbonyl (C=O) groups is 1. The van der Waals surface area contributed by atoms with Gasteiger partial charge in [0, 0.05) is 18.0 Å². The van der Waals surface area contributed by atoms with E-state index in [0.717, 1.165) is 11.1 Å². The second kappa shape index (κ2) is 6.01. The molecule has 0 aliphatic carbocycles. The molecule has 1 aliphatic rings. The fraction of sp³-hybridized carbons (Fsp3) is 0.462. The second-order valence-electron chi connectivity index (χ2n) is 4.51. The molecule has 1 aliphatic heterocycles. The molecule has 0 spiro atoms. The Morgan fingerprint density at radius 2 is 2.00 bits per heavy atom. The van der Waals surface area contributed by atoms with E-state index < -0.39 is 18.6 Å². The maximum atomic E-state index is 12.5. The van der Waals surface area contributed by atoms with E-state index in [0.29, 0.717) is 18.1 Å². The lowest BCUT2D eigenvalue weighted by Crippen LogP contribution is -2.40. The Morgan fingerprint density at radius 3 is 2.65 bits per heavy atom. The maximum absolute atomic E-state index is 12.5. The highest BCUT2D eigenvalue weighted by molar-refractivity contribution is 6.18. The largest absolute Gasteiger partial charge is 0.406 e. The van der Waals surface area contributed by atoms with Gasteiger partial charge in [-0.15, -0.1) is 11.6 Å². The zero-order valence-corrected chi connectivity index (χ0v) is 11.3. The van der Waals surface area contributed by atoms with Gasteiger partial charge in [0.2, 0.25) is 0 Å². The predicted octanol–water partition coefficient (Wildman–Crippen LogP) is 2.96. The lowest BCUT2D eigenvalue weighted by atomic mass is 10.1. The predicted molar refractivity (Wildman–Crippen MR) is 67.6 cm³/mol. The zero-order chi connectivity index (χ0) is 14.8. The quantitative estimate of drug-likeness (QED) is 0.800. The van der Waals surface area contributed by atoms with E-state index in [9.17, 15) is 18.0 Å². The van der Waals surface area contributed by atoms with Gasteiger partial charge in [0.1, 0.15) is 6.54 Å². The molecular formula is C13H13ClF3NO2. The first-order valence-electron chi connectivity index (χ1n) is 6.02. The van der Waals surface area contributed by atoms with Gasteiger partial charge in [-0.3, -0.25) is 4.79 Å². The Hall–Kier alpha value is -1.27. The Bertz CT molecular complexity index is 505. The molecule has 7 heteroatoms. The van der Waals surface area contributed by atoms with E-state index in [1.165, 1.54) is 6.07 Å². The number of fused-ring (bicyclic) bond motifs is 1. The van der Waals surface area contributed by atoms with Gasteiger partial charge in [0.05, 0.1) is 13.2 Å². The van der Waals surface area contributed by atoms with Crippen LogP contribution < -0.4 is 0 Å². The number of hydrogen-bond acceptors (Lipinski definition) is 2. The first kappa shape index (κ1) is 15.1. The minimum Gasteiger partial charge on any atom is -0.372 e. The standard InChI is InChI=1S/C13H13ClF3NO2/c14-3-4-18(8-13(15,16)17)12(19)9-1-2-10-6-20-7-11(10)5-9/h1-2,5H,3-4,6-8H2. The van der Waals surface area contributed by atoms with Gasteiger partial charge in [0.25, 0.3) is 5.91 Å². The summed E-state index contributed by atoms with van der Waals surface area (Å²) in [6.45, 7) is -0.595. The molecule has 0 unspecified atom stereocenters. The molecular weight excluding hydrogens is 295 g/mol. The number of nitrogens with zero attached hydrogens (tertiary/aromatic N) is 1. The zero-order valence-electron chi connectivity index (χ0n) is 10.5. The molecule has 0 fully saturated rings. The molecule has 0 bridgehead atoms. The fourth-order valence-electron chi connectivity index (χ4n) is 2.06. The summed E-state index contributed by atoms with van der Waals surface area (Å²) in [6.07, 6.45) is -4.44. The summed E-state index contributed by atoms with van der Waals surface area (Å²) in [5.41, 5.74) is 2.03. The van der Waals surface area contributed by atoms with Crippen molar-refractivity contribution in [3.63, 3.8) is 0 Å². The number of halogens is 4. The molecule has 1 amide bonds.